The number of carbonyl (C=O) groups excluding carboxylic acids is 3. The van der Waals surface area contributed by atoms with E-state index in [0.717, 1.165) is 26.7 Å². The van der Waals surface area contributed by atoms with E-state index in [9.17, 15) is 19.2 Å². The molecule has 1 aliphatic heterocycles. The molecule has 254 valence electrons. The van der Waals surface area contributed by atoms with Crippen LogP contribution in [0.5, 0.6) is 0 Å². The van der Waals surface area contributed by atoms with E-state index in [1.54, 1.807) is 41.6 Å². The standard InChI is InChI=1S/C34H44N6O5S.ClH/c1-34(2,3)45-31(42)26(12-8-9-17-35)36-30(41)27(20-22-21-46-29-14-7-4-10-24(22)29)38-32(43)39-18-15-23(16-19-39)40-28-13-6-5-11-25(28)37-33(40)44;/h4-7,10-11,13-14,21,23,26-27H,8-9,12,15-20,35H2,1-3H3,(H,36,41)(H,37,44)(H,38,43);1H/t26-,27+;/m0./s1. The van der Waals surface area contributed by atoms with Crippen molar-refractivity contribution in [2.24, 2.45) is 5.73 Å². The summed E-state index contributed by atoms with van der Waals surface area (Å²) in [5.41, 5.74) is 7.38. The van der Waals surface area contributed by atoms with E-state index in [0.29, 0.717) is 51.7 Å². The molecule has 0 unspecified atom stereocenters. The number of hydrogen-bond acceptors (Lipinski definition) is 7. The molecule has 2 aromatic carbocycles. The molecule has 47 heavy (non-hydrogen) atoms. The number of carbonyl (C=O) groups is 3. The fourth-order valence-electron chi connectivity index (χ4n) is 6.01. The molecule has 1 aliphatic rings. The van der Waals surface area contributed by atoms with Crippen molar-refractivity contribution in [3.8, 4) is 0 Å². The normalized spacial score (nSPS) is 15.2. The van der Waals surface area contributed by atoms with Gasteiger partial charge in [0.25, 0.3) is 0 Å². The third-order valence-corrected chi connectivity index (χ3v) is 9.31. The van der Waals surface area contributed by atoms with Gasteiger partial charge in [0.2, 0.25) is 5.91 Å². The van der Waals surface area contributed by atoms with Crippen LogP contribution in [0.15, 0.2) is 58.7 Å². The second kappa shape index (κ2) is 15.8. The Hall–Kier alpha value is -3.87. The van der Waals surface area contributed by atoms with Crippen LogP contribution >= 0.6 is 23.7 Å². The molecule has 1 fully saturated rings. The topological polar surface area (TPSA) is 152 Å². The predicted molar refractivity (Wildman–Crippen MR) is 188 cm³/mol. The molecule has 13 heteroatoms. The fourth-order valence-corrected chi connectivity index (χ4v) is 6.99. The molecule has 0 bridgehead atoms. The number of amides is 3. The lowest BCUT2D eigenvalue weighted by molar-refractivity contribution is -0.159. The van der Waals surface area contributed by atoms with Gasteiger partial charge >= 0.3 is 17.7 Å². The Morgan fingerprint density at radius 2 is 1.72 bits per heavy atom. The second-order valence-corrected chi connectivity index (χ2v) is 13.8. The number of halogens is 1. The number of ether oxygens (including phenoxy) is 1. The molecule has 2 atom stereocenters. The number of piperidine rings is 1. The van der Waals surface area contributed by atoms with Gasteiger partial charge in [-0.3, -0.25) is 9.36 Å². The minimum atomic E-state index is -0.932. The summed E-state index contributed by atoms with van der Waals surface area (Å²) in [5.74, 6) is -0.967. The number of nitrogens with two attached hydrogens (primary N) is 1. The number of imidazole rings is 1. The van der Waals surface area contributed by atoms with Crippen LogP contribution < -0.4 is 22.1 Å². The summed E-state index contributed by atoms with van der Waals surface area (Å²) in [6.45, 7) is 6.69. The van der Waals surface area contributed by atoms with E-state index in [-0.39, 0.29) is 36.6 Å². The largest absolute Gasteiger partial charge is 0.458 e. The van der Waals surface area contributed by atoms with Gasteiger partial charge in [-0.2, -0.15) is 0 Å². The zero-order valence-corrected chi connectivity index (χ0v) is 28.8. The molecular weight excluding hydrogens is 640 g/mol. The minimum absolute atomic E-state index is 0. The number of nitrogens with zero attached hydrogens (tertiary/aromatic N) is 2. The summed E-state index contributed by atoms with van der Waals surface area (Å²) >= 11 is 1.58. The highest BCUT2D eigenvalue weighted by atomic mass is 35.5. The number of aromatic amines is 1. The van der Waals surface area contributed by atoms with Gasteiger partial charge in [-0.25, -0.2) is 14.4 Å². The Morgan fingerprint density at radius 1 is 1.02 bits per heavy atom. The van der Waals surface area contributed by atoms with Gasteiger partial charge in [-0.05, 0) is 93.9 Å². The first-order chi connectivity index (χ1) is 22.0. The first-order valence-electron chi connectivity index (χ1n) is 16.0. The summed E-state index contributed by atoms with van der Waals surface area (Å²) in [7, 11) is 0. The van der Waals surface area contributed by atoms with Crippen molar-refractivity contribution >= 4 is 62.8 Å². The maximum atomic E-state index is 13.9. The number of thiophene rings is 1. The maximum absolute atomic E-state index is 13.9. The van der Waals surface area contributed by atoms with E-state index < -0.39 is 29.6 Å². The number of nitrogens with one attached hydrogen (secondary N) is 3. The van der Waals surface area contributed by atoms with Gasteiger partial charge in [-0.15, -0.1) is 23.7 Å². The number of likely N-dealkylation sites (tertiary alicyclic amines) is 1. The van der Waals surface area contributed by atoms with Crippen LogP contribution in [-0.2, 0) is 20.7 Å². The molecule has 2 aromatic heterocycles. The lowest BCUT2D eigenvalue weighted by Crippen LogP contribution is -2.56. The monoisotopic (exact) mass is 684 g/mol. The molecule has 1 saturated heterocycles. The van der Waals surface area contributed by atoms with Crippen LogP contribution in [0.25, 0.3) is 21.1 Å². The second-order valence-electron chi connectivity index (χ2n) is 12.9. The van der Waals surface area contributed by atoms with Crippen LogP contribution in [0.4, 0.5) is 4.79 Å². The molecule has 3 amide bonds. The first kappa shape index (κ1) is 36.0. The SMILES string of the molecule is CC(C)(C)OC(=O)[C@H](CCCCN)NC(=O)[C@@H](Cc1csc2ccccc12)NC(=O)N1CCC(n2c(=O)[nH]c3ccccc32)CC1.Cl. The van der Waals surface area contributed by atoms with Crippen LogP contribution in [-0.4, -0.2) is 69.7 Å². The van der Waals surface area contributed by atoms with Gasteiger partial charge in [-0.1, -0.05) is 30.3 Å². The number of hydrogen-bond donors (Lipinski definition) is 4. The van der Waals surface area contributed by atoms with Crippen molar-refractivity contribution in [3.63, 3.8) is 0 Å². The van der Waals surface area contributed by atoms with E-state index in [2.05, 4.69) is 15.6 Å². The molecule has 0 spiro atoms. The third-order valence-electron chi connectivity index (χ3n) is 8.29. The minimum Gasteiger partial charge on any atom is -0.458 e. The lowest BCUT2D eigenvalue weighted by atomic mass is 10.0. The van der Waals surface area contributed by atoms with E-state index in [1.165, 1.54) is 0 Å². The molecule has 0 aliphatic carbocycles. The average Bonchev–Trinajstić information content (AvgIpc) is 3.59. The van der Waals surface area contributed by atoms with Gasteiger partial charge in [0.05, 0.1) is 11.0 Å². The molecule has 4 aromatic rings. The lowest BCUT2D eigenvalue weighted by Gasteiger charge is -2.33. The van der Waals surface area contributed by atoms with E-state index in [4.69, 9.17) is 10.5 Å². The van der Waals surface area contributed by atoms with Crippen LogP contribution in [0.3, 0.4) is 0 Å². The average molecular weight is 685 g/mol. The zero-order chi connectivity index (χ0) is 32.8. The molecule has 0 saturated carbocycles. The van der Waals surface area contributed by atoms with E-state index in [1.807, 2.05) is 53.9 Å². The maximum Gasteiger partial charge on any atom is 0.329 e. The number of rotatable bonds is 11. The van der Waals surface area contributed by atoms with Crippen molar-refractivity contribution in [3.05, 3.63) is 70.0 Å². The highest BCUT2D eigenvalue weighted by molar-refractivity contribution is 7.17. The summed E-state index contributed by atoms with van der Waals surface area (Å²) in [6, 6.07) is 13.3. The van der Waals surface area contributed by atoms with Crippen molar-refractivity contribution in [1.82, 2.24) is 25.1 Å². The highest BCUT2D eigenvalue weighted by Gasteiger charge is 2.32. The molecule has 3 heterocycles. The number of urea groups is 1. The van der Waals surface area contributed by atoms with Crippen LogP contribution in [0.1, 0.15) is 64.5 Å². The van der Waals surface area contributed by atoms with Gasteiger partial charge in [0.15, 0.2) is 0 Å². The summed E-state index contributed by atoms with van der Waals surface area (Å²) in [6.07, 6.45) is 3.18. The molecule has 0 radical (unpaired) electrons. The molecule has 5 N–H and O–H groups in total. The number of H-pyrrole nitrogens is 1. The van der Waals surface area contributed by atoms with Crippen molar-refractivity contribution in [1.29, 1.82) is 0 Å². The number of esters is 1. The van der Waals surface area contributed by atoms with Crippen LogP contribution in [0.2, 0.25) is 0 Å². The third kappa shape index (κ3) is 8.94. The number of fused-ring (bicyclic) bond motifs is 2. The summed E-state index contributed by atoms with van der Waals surface area (Å²) in [4.78, 5) is 58.0. The quantitative estimate of drug-likeness (QED) is 0.131. The smallest absolute Gasteiger partial charge is 0.329 e. The Kier molecular flexibility index (Phi) is 12.1. The highest BCUT2D eigenvalue weighted by Crippen LogP contribution is 2.28. The molecular formula is C34H45ClN6O5S. The predicted octanol–water partition coefficient (Wildman–Crippen LogP) is 4.88. The Morgan fingerprint density at radius 3 is 2.45 bits per heavy atom. The summed E-state index contributed by atoms with van der Waals surface area (Å²) < 4.78 is 8.49. The zero-order valence-electron chi connectivity index (χ0n) is 27.1. The number of benzene rings is 2. The summed E-state index contributed by atoms with van der Waals surface area (Å²) in [5, 5.41) is 8.90. The Labute approximate surface area is 284 Å². The van der Waals surface area contributed by atoms with E-state index >= 15 is 0 Å². The van der Waals surface area contributed by atoms with Gasteiger partial charge < -0.3 is 31.0 Å². The Bertz CT molecular complexity index is 1740. The van der Waals surface area contributed by atoms with Crippen molar-refractivity contribution in [2.45, 2.75) is 83.0 Å². The first-order valence-corrected chi connectivity index (χ1v) is 16.8. The van der Waals surface area contributed by atoms with Gasteiger partial charge in [0, 0.05) is 30.3 Å². The number of para-hydroxylation sites is 2. The van der Waals surface area contributed by atoms with Crippen LogP contribution in [0, 0.1) is 0 Å². The number of aromatic nitrogens is 2. The number of unbranched alkanes of at least 4 members (excludes halogenated alkanes) is 1. The van der Waals surface area contributed by atoms with Crippen molar-refractivity contribution in [2.75, 3.05) is 19.6 Å². The van der Waals surface area contributed by atoms with Crippen molar-refractivity contribution < 1.29 is 19.1 Å². The molecule has 5 rings (SSSR count). The Balaban J connectivity index is 0.00000500. The fraction of sp³-hybridized carbons (Fsp3) is 0.471. The van der Waals surface area contributed by atoms with Gasteiger partial charge in [0.1, 0.15) is 17.7 Å². The molecule has 11 nitrogen and oxygen atoms in total.